The van der Waals surface area contributed by atoms with Crippen LogP contribution in [0.4, 0.5) is 0 Å². The molecule has 128 valence electrons. The number of carbonyl (C=O) groups is 1. The van der Waals surface area contributed by atoms with Crippen molar-refractivity contribution in [1.29, 1.82) is 0 Å². The van der Waals surface area contributed by atoms with Crippen molar-refractivity contribution in [3.8, 4) is 0 Å². The minimum absolute atomic E-state index is 0.0578. The van der Waals surface area contributed by atoms with Gasteiger partial charge in [-0.05, 0) is 30.4 Å². The van der Waals surface area contributed by atoms with Gasteiger partial charge in [0.05, 0.1) is 17.2 Å². The molecule has 3 rings (SSSR count). The molecule has 1 aliphatic heterocycles. The topological polar surface area (TPSA) is 51.2 Å². The quantitative estimate of drug-likeness (QED) is 0.933. The van der Waals surface area contributed by atoms with Gasteiger partial charge in [0.2, 0.25) is 0 Å². The second kappa shape index (κ2) is 6.89. The Balaban J connectivity index is 1.72. The monoisotopic (exact) mass is 326 g/mol. The molecule has 2 unspecified atom stereocenters. The summed E-state index contributed by atoms with van der Waals surface area (Å²) in [6.45, 7) is 8.06. The SMILES string of the molecule is CC(C)(C)C1OCCCC1CNC(=O)c1cccc2cccnc12. The lowest BCUT2D eigenvalue weighted by atomic mass is 9.78. The first-order chi connectivity index (χ1) is 11.5. The van der Waals surface area contributed by atoms with Gasteiger partial charge in [0.15, 0.2) is 0 Å². The second-order valence-corrected chi connectivity index (χ2v) is 7.65. The molecule has 4 heteroatoms. The number of aromatic nitrogens is 1. The Morgan fingerprint density at radius 3 is 2.88 bits per heavy atom. The summed E-state index contributed by atoms with van der Waals surface area (Å²) in [6, 6.07) is 9.58. The van der Waals surface area contributed by atoms with Crippen LogP contribution in [-0.4, -0.2) is 30.1 Å². The number of carbonyl (C=O) groups excluding carboxylic acids is 1. The van der Waals surface area contributed by atoms with Crippen LogP contribution in [0, 0.1) is 11.3 Å². The fourth-order valence-electron chi connectivity index (χ4n) is 3.62. The number of ether oxygens (including phenoxy) is 1. The molecular formula is C20H26N2O2. The highest BCUT2D eigenvalue weighted by atomic mass is 16.5. The first-order valence-corrected chi connectivity index (χ1v) is 8.70. The molecule has 2 atom stereocenters. The number of amides is 1. The fraction of sp³-hybridized carbons (Fsp3) is 0.500. The maximum absolute atomic E-state index is 12.7. The van der Waals surface area contributed by atoms with Crippen molar-refractivity contribution in [3.63, 3.8) is 0 Å². The molecule has 1 aromatic carbocycles. The number of nitrogens with one attached hydrogen (secondary N) is 1. The number of hydrogen-bond acceptors (Lipinski definition) is 3. The van der Waals surface area contributed by atoms with Crippen molar-refractivity contribution in [1.82, 2.24) is 10.3 Å². The van der Waals surface area contributed by atoms with Crippen LogP contribution >= 0.6 is 0 Å². The number of fused-ring (bicyclic) bond motifs is 1. The van der Waals surface area contributed by atoms with Gasteiger partial charge in [0.25, 0.3) is 5.91 Å². The largest absolute Gasteiger partial charge is 0.377 e. The third-order valence-electron chi connectivity index (χ3n) is 4.70. The average Bonchev–Trinajstić information content (AvgIpc) is 2.58. The molecule has 0 aliphatic carbocycles. The van der Waals surface area contributed by atoms with Crippen LogP contribution in [0.3, 0.4) is 0 Å². The van der Waals surface area contributed by atoms with Gasteiger partial charge < -0.3 is 10.1 Å². The molecule has 0 bridgehead atoms. The Morgan fingerprint density at radius 2 is 2.08 bits per heavy atom. The zero-order chi connectivity index (χ0) is 17.2. The van der Waals surface area contributed by atoms with Gasteiger partial charge in [-0.25, -0.2) is 0 Å². The molecule has 1 aromatic heterocycles. The summed E-state index contributed by atoms with van der Waals surface area (Å²) in [5.74, 6) is 0.295. The number of pyridine rings is 1. The van der Waals surface area contributed by atoms with Crippen LogP contribution < -0.4 is 5.32 Å². The van der Waals surface area contributed by atoms with E-state index in [9.17, 15) is 4.79 Å². The standard InChI is InChI=1S/C20H26N2O2/c1-20(2,3)18-15(9-6-12-24-18)13-22-19(23)16-10-4-7-14-8-5-11-21-17(14)16/h4-5,7-8,10-11,15,18H,6,9,12-13H2,1-3H3,(H,22,23). The number of hydrogen-bond donors (Lipinski definition) is 1. The Kier molecular flexibility index (Phi) is 4.86. The summed E-state index contributed by atoms with van der Waals surface area (Å²) in [6.07, 6.45) is 4.06. The summed E-state index contributed by atoms with van der Waals surface area (Å²) in [7, 11) is 0. The van der Waals surface area contributed by atoms with Gasteiger partial charge >= 0.3 is 0 Å². The number of rotatable bonds is 3. The molecule has 1 saturated heterocycles. The number of nitrogens with zero attached hydrogens (tertiary/aromatic N) is 1. The highest BCUT2D eigenvalue weighted by Gasteiger charge is 2.35. The molecule has 0 radical (unpaired) electrons. The van der Waals surface area contributed by atoms with Crippen LogP contribution in [0.5, 0.6) is 0 Å². The van der Waals surface area contributed by atoms with E-state index in [1.807, 2.05) is 30.3 Å². The summed E-state index contributed by atoms with van der Waals surface area (Å²) >= 11 is 0. The lowest BCUT2D eigenvalue weighted by Gasteiger charge is -2.40. The van der Waals surface area contributed by atoms with Gasteiger partial charge in [-0.1, -0.05) is 39.0 Å². The van der Waals surface area contributed by atoms with Crippen LogP contribution in [0.2, 0.25) is 0 Å². The second-order valence-electron chi connectivity index (χ2n) is 7.65. The van der Waals surface area contributed by atoms with Crippen molar-refractivity contribution in [2.75, 3.05) is 13.2 Å². The fourth-order valence-corrected chi connectivity index (χ4v) is 3.62. The highest BCUT2D eigenvalue weighted by molar-refractivity contribution is 6.05. The molecule has 1 fully saturated rings. The van der Waals surface area contributed by atoms with Crippen molar-refractivity contribution >= 4 is 16.8 Å². The van der Waals surface area contributed by atoms with Crippen LogP contribution in [0.25, 0.3) is 10.9 Å². The summed E-state index contributed by atoms with van der Waals surface area (Å²) in [5, 5.41) is 4.09. The maximum Gasteiger partial charge on any atom is 0.253 e. The normalized spacial score (nSPS) is 21.6. The van der Waals surface area contributed by atoms with Crippen molar-refractivity contribution in [2.45, 2.75) is 39.7 Å². The van der Waals surface area contributed by atoms with E-state index in [1.165, 1.54) is 0 Å². The number of para-hydroxylation sites is 1. The molecule has 0 saturated carbocycles. The van der Waals surface area contributed by atoms with Gasteiger partial charge in [-0.15, -0.1) is 0 Å². The molecule has 2 heterocycles. The Morgan fingerprint density at radius 1 is 1.29 bits per heavy atom. The predicted octanol–water partition coefficient (Wildman–Crippen LogP) is 3.81. The zero-order valence-corrected chi connectivity index (χ0v) is 14.7. The number of benzene rings is 1. The lowest BCUT2D eigenvalue weighted by molar-refractivity contribution is -0.0839. The molecule has 1 aliphatic rings. The van der Waals surface area contributed by atoms with E-state index in [4.69, 9.17) is 4.74 Å². The van der Waals surface area contributed by atoms with E-state index in [1.54, 1.807) is 6.20 Å². The van der Waals surface area contributed by atoms with E-state index in [0.717, 1.165) is 30.4 Å². The van der Waals surface area contributed by atoms with Crippen molar-refractivity contribution in [3.05, 3.63) is 42.1 Å². The molecule has 1 amide bonds. The van der Waals surface area contributed by atoms with E-state index in [2.05, 4.69) is 31.1 Å². The summed E-state index contributed by atoms with van der Waals surface area (Å²) in [4.78, 5) is 17.0. The van der Waals surface area contributed by atoms with Crippen molar-refractivity contribution in [2.24, 2.45) is 11.3 Å². The molecule has 1 N–H and O–H groups in total. The zero-order valence-electron chi connectivity index (χ0n) is 14.7. The molecule has 2 aromatic rings. The minimum Gasteiger partial charge on any atom is -0.377 e. The molecule has 24 heavy (non-hydrogen) atoms. The van der Waals surface area contributed by atoms with E-state index in [0.29, 0.717) is 18.0 Å². The minimum atomic E-state index is -0.0578. The van der Waals surface area contributed by atoms with Gasteiger partial charge in [0, 0.05) is 30.7 Å². The van der Waals surface area contributed by atoms with E-state index >= 15 is 0 Å². The first-order valence-electron chi connectivity index (χ1n) is 8.70. The lowest BCUT2D eigenvalue weighted by Crippen LogP contribution is -2.45. The molecular weight excluding hydrogens is 300 g/mol. The van der Waals surface area contributed by atoms with Crippen LogP contribution in [0.1, 0.15) is 44.0 Å². The highest BCUT2D eigenvalue weighted by Crippen LogP contribution is 2.33. The predicted molar refractivity (Wildman–Crippen MR) is 96.0 cm³/mol. The Bertz CT molecular complexity index is 716. The summed E-state index contributed by atoms with van der Waals surface area (Å²) in [5.41, 5.74) is 1.47. The smallest absolute Gasteiger partial charge is 0.253 e. The summed E-state index contributed by atoms with van der Waals surface area (Å²) < 4.78 is 6.00. The first kappa shape index (κ1) is 16.9. The van der Waals surface area contributed by atoms with Crippen molar-refractivity contribution < 1.29 is 9.53 Å². The Hall–Kier alpha value is -1.94. The maximum atomic E-state index is 12.7. The van der Waals surface area contributed by atoms with Gasteiger partial charge in [-0.2, -0.15) is 0 Å². The van der Waals surface area contributed by atoms with Gasteiger partial charge in [-0.3, -0.25) is 9.78 Å². The van der Waals surface area contributed by atoms with Crippen LogP contribution in [-0.2, 0) is 4.74 Å². The van der Waals surface area contributed by atoms with Crippen LogP contribution in [0.15, 0.2) is 36.5 Å². The van der Waals surface area contributed by atoms with Gasteiger partial charge in [0.1, 0.15) is 0 Å². The Labute approximate surface area is 143 Å². The third kappa shape index (κ3) is 3.59. The van der Waals surface area contributed by atoms with E-state index in [-0.39, 0.29) is 17.4 Å². The average molecular weight is 326 g/mol. The molecule has 4 nitrogen and oxygen atoms in total. The third-order valence-corrected chi connectivity index (χ3v) is 4.70. The molecule has 0 spiro atoms. The van der Waals surface area contributed by atoms with E-state index < -0.39 is 0 Å².